The van der Waals surface area contributed by atoms with E-state index in [9.17, 15) is 12.8 Å². The average molecular weight is 304 g/mol. The maximum absolute atomic E-state index is 13.5. The number of sulfonamides is 1. The number of hydrogen-bond donors (Lipinski definition) is 1. The van der Waals surface area contributed by atoms with E-state index in [2.05, 4.69) is 9.71 Å². The number of rotatable bonds is 4. The van der Waals surface area contributed by atoms with E-state index in [4.69, 9.17) is 0 Å². The molecule has 1 aromatic heterocycles. The van der Waals surface area contributed by atoms with Crippen LogP contribution in [0.2, 0.25) is 0 Å². The molecule has 2 unspecified atom stereocenters. The second-order valence-corrected chi connectivity index (χ2v) is 7.28. The summed E-state index contributed by atoms with van der Waals surface area (Å²) in [6.07, 6.45) is 7.14. The molecule has 1 aliphatic carbocycles. The maximum Gasteiger partial charge on any atom is 0.261 e. The normalized spacial score (nSPS) is 24.3. The third-order valence-electron chi connectivity index (χ3n) is 3.29. The van der Waals surface area contributed by atoms with Gasteiger partial charge in [0, 0.05) is 17.5 Å². The van der Waals surface area contributed by atoms with Gasteiger partial charge in [0.2, 0.25) is 5.03 Å². The van der Waals surface area contributed by atoms with Gasteiger partial charge in [-0.3, -0.25) is 0 Å². The molecule has 0 spiro atoms. The zero-order valence-corrected chi connectivity index (χ0v) is 12.3. The molecule has 106 valence electrons. The largest absolute Gasteiger partial charge is 0.261 e. The van der Waals surface area contributed by atoms with Gasteiger partial charge in [-0.15, -0.1) is 0 Å². The van der Waals surface area contributed by atoms with Crippen LogP contribution in [0.3, 0.4) is 0 Å². The zero-order valence-electron chi connectivity index (χ0n) is 10.7. The number of hydrogen-bond acceptors (Lipinski definition) is 4. The fourth-order valence-corrected chi connectivity index (χ4v) is 4.68. The van der Waals surface area contributed by atoms with Gasteiger partial charge in [0.05, 0.1) is 0 Å². The molecule has 1 fully saturated rings. The molecule has 1 heterocycles. The molecule has 0 amide bonds. The molecular weight excluding hydrogens is 287 g/mol. The molecule has 2 rings (SSSR count). The van der Waals surface area contributed by atoms with Crippen LogP contribution in [0.25, 0.3) is 0 Å². The van der Waals surface area contributed by atoms with E-state index in [1.165, 1.54) is 12.3 Å². The Labute approximate surface area is 117 Å². The SMILES string of the molecule is CSC1CCCCC1NS(=O)(=O)c1ncccc1F. The third kappa shape index (κ3) is 3.46. The highest BCUT2D eigenvalue weighted by molar-refractivity contribution is 7.99. The molecule has 19 heavy (non-hydrogen) atoms. The van der Waals surface area contributed by atoms with Crippen molar-refractivity contribution in [1.82, 2.24) is 9.71 Å². The molecule has 0 saturated heterocycles. The van der Waals surface area contributed by atoms with Crippen molar-refractivity contribution in [1.29, 1.82) is 0 Å². The predicted octanol–water partition coefficient (Wildman–Crippen LogP) is 2.17. The Balaban J connectivity index is 2.19. The molecule has 0 aromatic carbocycles. The predicted molar refractivity (Wildman–Crippen MR) is 74.1 cm³/mol. The van der Waals surface area contributed by atoms with Crippen LogP contribution in [0, 0.1) is 5.82 Å². The number of aromatic nitrogens is 1. The highest BCUT2D eigenvalue weighted by Gasteiger charge is 2.30. The lowest BCUT2D eigenvalue weighted by Gasteiger charge is -2.30. The highest BCUT2D eigenvalue weighted by Crippen LogP contribution is 2.28. The van der Waals surface area contributed by atoms with Crippen molar-refractivity contribution < 1.29 is 12.8 Å². The molecule has 1 saturated carbocycles. The van der Waals surface area contributed by atoms with Crippen molar-refractivity contribution in [2.45, 2.75) is 42.0 Å². The molecule has 1 aromatic rings. The van der Waals surface area contributed by atoms with Crippen molar-refractivity contribution in [2.24, 2.45) is 0 Å². The van der Waals surface area contributed by atoms with E-state index in [1.807, 2.05) is 6.26 Å². The summed E-state index contributed by atoms with van der Waals surface area (Å²) in [4.78, 5) is 3.63. The molecule has 4 nitrogen and oxygen atoms in total. The van der Waals surface area contributed by atoms with Gasteiger partial charge in [0.1, 0.15) is 0 Å². The summed E-state index contributed by atoms with van der Waals surface area (Å²) >= 11 is 1.65. The van der Waals surface area contributed by atoms with Crippen LogP contribution in [0.1, 0.15) is 25.7 Å². The summed E-state index contributed by atoms with van der Waals surface area (Å²) < 4.78 is 40.5. The molecule has 7 heteroatoms. The molecule has 0 radical (unpaired) electrons. The molecule has 0 aliphatic heterocycles. The van der Waals surface area contributed by atoms with Gasteiger partial charge in [-0.1, -0.05) is 12.8 Å². The van der Waals surface area contributed by atoms with Gasteiger partial charge >= 0.3 is 0 Å². The topological polar surface area (TPSA) is 59.1 Å². The minimum Gasteiger partial charge on any atom is -0.241 e. The maximum atomic E-state index is 13.5. The fraction of sp³-hybridized carbons (Fsp3) is 0.583. The van der Waals surface area contributed by atoms with Crippen LogP contribution in [0.5, 0.6) is 0 Å². The number of pyridine rings is 1. The first kappa shape index (κ1) is 14.7. The van der Waals surface area contributed by atoms with Crippen LogP contribution in [0.4, 0.5) is 4.39 Å². The van der Waals surface area contributed by atoms with Gasteiger partial charge in [0.15, 0.2) is 5.82 Å². The second kappa shape index (κ2) is 6.19. The Hall–Kier alpha value is -0.660. The minimum absolute atomic E-state index is 0.143. The number of nitrogens with zero attached hydrogens (tertiary/aromatic N) is 1. The first-order chi connectivity index (χ1) is 9.04. The Kier molecular flexibility index (Phi) is 4.81. The fourth-order valence-electron chi connectivity index (χ4n) is 2.34. The van der Waals surface area contributed by atoms with E-state index in [1.54, 1.807) is 11.8 Å². The average Bonchev–Trinajstić information content (AvgIpc) is 2.39. The Bertz CT molecular complexity index is 536. The van der Waals surface area contributed by atoms with Crippen LogP contribution in [-0.2, 0) is 10.0 Å². The summed E-state index contributed by atoms with van der Waals surface area (Å²) in [6.45, 7) is 0. The first-order valence-corrected chi connectivity index (χ1v) is 8.97. The third-order valence-corrected chi connectivity index (χ3v) is 5.88. The lowest BCUT2D eigenvalue weighted by atomic mass is 9.96. The van der Waals surface area contributed by atoms with Crippen molar-refractivity contribution in [3.8, 4) is 0 Å². The molecule has 1 aliphatic rings. The van der Waals surface area contributed by atoms with Gasteiger partial charge in [-0.05, 0) is 31.2 Å². The Morgan fingerprint density at radius 2 is 2.16 bits per heavy atom. The van der Waals surface area contributed by atoms with E-state index in [-0.39, 0.29) is 11.3 Å². The van der Waals surface area contributed by atoms with Crippen molar-refractivity contribution >= 4 is 21.8 Å². The van der Waals surface area contributed by atoms with Crippen LogP contribution < -0.4 is 4.72 Å². The number of halogens is 1. The summed E-state index contributed by atoms with van der Waals surface area (Å²) in [7, 11) is -3.88. The van der Waals surface area contributed by atoms with Gasteiger partial charge in [-0.2, -0.15) is 11.8 Å². The summed E-state index contributed by atoms with van der Waals surface area (Å²) in [5.74, 6) is -0.813. The minimum atomic E-state index is -3.88. The lowest BCUT2D eigenvalue weighted by molar-refractivity contribution is 0.421. The second-order valence-electron chi connectivity index (χ2n) is 4.58. The van der Waals surface area contributed by atoms with E-state index >= 15 is 0 Å². The van der Waals surface area contributed by atoms with Gasteiger partial charge in [0.25, 0.3) is 10.0 Å². The smallest absolute Gasteiger partial charge is 0.241 e. The number of thioether (sulfide) groups is 1. The van der Waals surface area contributed by atoms with Crippen molar-refractivity contribution in [3.63, 3.8) is 0 Å². The molecule has 1 N–H and O–H groups in total. The summed E-state index contributed by atoms with van der Waals surface area (Å²) in [5.41, 5.74) is 0. The quantitative estimate of drug-likeness (QED) is 0.926. The summed E-state index contributed by atoms with van der Waals surface area (Å²) in [6, 6.07) is 2.34. The van der Waals surface area contributed by atoms with Crippen LogP contribution in [-0.4, -0.2) is 30.9 Å². The van der Waals surface area contributed by atoms with E-state index < -0.39 is 20.9 Å². The monoisotopic (exact) mass is 304 g/mol. The van der Waals surface area contributed by atoms with E-state index in [0.717, 1.165) is 31.7 Å². The zero-order chi connectivity index (χ0) is 13.9. The standard InChI is InChI=1S/C12H17FN2O2S2/c1-18-11-7-3-2-6-10(11)15-19(16,17)12-9(13)5-4-8-14-12/h4-5,8,10-11,15H,2-3,6-7H2,1H3. The molecular formula is C12H17FN2O2S2. The van der Waals surface area contributed by atoms with Crippen LogP contribution in [0.15, 0.2) is 23.4 Å². The Morgan fingerprint density at radius 1 is 1.42 bits per heavy atom. The Morgan fingerprint density at radius 3 is 2.84 bits per heavy atom. The van der Waals surface area contributed by atoms with E-state index in [0.29, 0.717) is 0 Å². The van der Waals surface area contributed by atoms with Crippen molar-refractivity contribution in [2.75, 3.05) is 6.26 Å². The highest BCUT2D eigenvalue weighted by atomic mass is 32.2. The summed E-state index contributed by atoms with van der Waals surface area (Å²) in [5, 5.41) is -0.268. The van der Waals surface area contributed by atoms with Gasteiger partial charge < -0.3 is 0 Å². The number of nitrogens with one attached hydrogen (secondary N) is 1. The first-order valence-electron chi connectivity index (χ1n) is 6.20. The van der Waals surface area contributed by atoms with Gasteiger partial charge in [-0.25, -0.2) is 22.5 Å². The van der Waals surface area contributed by atoms with Crippen LogP contribution >= 0.6 is 11.8 Å². The lowest BCUT2D eigenvalue weighted by Crippen LogP contribution is -2.44. The molecule has 0 bridgehead atoms. The molecule has 2 atom stereocenters. The van der Waals surface area contributed by atoms with Crippen molar-refractivity contribution in [3.05, 3.63) is 24.1 Å².